The molecule has 2 atom stereocenters. The van der Waals surface area contributed by atoms with Crippen molar-refractivity contribution in [2.24, 2.45) is 10.9 Å². The van der Waals surface area contributed by atoms with Crippen LogP contribution in [0.15, 0.2) is 39.1 Å². The van der Waals surface area contributed by atoms with Gasteiger partial charge in [0.2, 0.25) is 0 Å². The van der Waals surface area contributed by atoms with Crippen molar-refractivity contribution in [3.8, 4) is 0 Å². The van der Waals surface area contributed by atoms with Crippen molar-refractivity contribution >= 4 is 33.6 Å². The number of carboxylic acids is 2. The van der Waals surface area contributed by atoms with Crippen LogP contribution in [0.4, 0.5) is 0 Å². The maximum absolute atomic E-state index is 11.6. The van der Waals surface area contributed by atoms with Crippen LogP contribution < -0.4 is 0 Å². The minimum absolute atomic E-state index is 0.0291. The Morgan fingerprint density at radius 2 is 1.95 bits per heavy atom. The molecule has 0 radical (unpaired) electrons. The topological polar surface area (TPSA) is 99.9 Å². The maximum atomic E-state index is 11.6. The van der Waals surface area contributed by atoms with Crippen LogP contribution in [0.3, 0.4) is 0 Å². The predicted octanol–water partition coefficient (Wildman–Crippen LogP) is 2.46. The largest absolute Gasteiger partial charge is 0.481 e. The van der Waals surface area contributed by atoms with Gasteiger partial charge in [0.25, 0.3) is 0 Å². The Hall–Kier alpha value is -2.02. The molecule has 2 rings (SSSR count). The average molecular weight is 353 g/mol. The molecule has 2 unspecified atom stereocenters. The van der Waals surface area contributed by atoms with Crippen molar-refractivity contribution in [1.82, 2.24) is 4.98 Å². The molecule has 110 valence electrons. The van der Waals surface area contributed by atoms with Crippen LogP contribution in [0.1, 0.15) is 25.5 Å². The fourth-order valence-corrected chi connectivity index (χ4v) is 2.90. The van der Waals surface area contributed by atoms with E-state index in [-0.39, 0.29) is 5.57 Å². The minimum Gasteiger partial charge on any atom is -0.481 e. The summed E-state index contributed by atoms with van der Waals surface area (Å²) in [5.74, 6) is -4.20. The highest BCUT2D eigenvalue weighted by Gasteiger charge is 2.41. The van der Waals surface area contributed by atoms with Crippen molar-refractivity contribution < 1.29 is 19.8 Å². The van der Waals surface area contributed by atoms with Gasteiger partial charge < -0.3 is 10.2 Å². The first-order valence-corrected chi connectivity index (χ1v) is 6.95. The van der Waals surface area contributed by atoms with Crippen LogP contribution in [0.25, 0.3) is 0 Å². The third-order valence-electron chi connectivity index (χ3n) is 3.39. The number of aliphatic carboxylic acids is 2. The molecule has 2 heterocycles. The molecule has 1 aliphatic rings. The molecule has 1 aliphatic heterocycles. The molecule has 7 heteroatoms. The zero-order valence-electron chi connectivity index (χ0n) is 11.4. The number of carbonyl (C=O) groups is 2. The Kier molecular flexibility index (Phi) is 4.22. The normalized spacial score (nSPS) is 22.0. The van der Waals surface area contributed by atoms with E-state index in [4.69, 9.17) is 0 Å². The molecular weight excluding hydrogens is 340 g/mol. The van der Waals surface area contributed by atoms with E-state index in [2.05, 4.69) is 25.9 Å². The number of rotatable bonds is 3. The SMILES string of the molecule is CC1=NC(C)=C(C(=O)O)C(c2cc(Br)ccn2)C1C(=O)O. The summed E-state index contributed by atoms with van der Waals surface area (Å²) in [5, 5.41) is 18.9. The number of halogens is 1. The summed E-state index contributed by atoms with van der Waals surface area (Å²) in [4.78, 5) is 31.4. The van der Waals surface area contributed by atoms with Crippen molar-refractivity contribution in [2.75, 3.05) is 0 Å². The number of nitrogens with zero attached hydrogens (tertiary/aromatic N) is 2. The van der Waals surface area contributed by atoms with Crippen molar-refractivity contribution in [3.05, 3.63) is 39.8 Å². The van der Waals surface area contributed by atoms with Gasteiger partial charge >= 0.3 is 11.9 Å². The van der Waals surface area contributed by atoms with Gasteiger partial charge in [-0.1, -0.05) is 15.9 Å². The molecule has 0 spiro atoms. The van der Waals surface area contributed by atoms with E-state index in [1.807, 2.05) is 0 Å². The van der Waals surface area contributed by atoms with Crippen molar-refractivity contribution in [2.45, 2.75) is 19.8 Å². The lowest BCUT2D eigenvalue weighted by atomic mass is 9.77. The van der Waals surface area contributed by atoms with Gasteiger partial charge in [0.15, 0.2) is 0 Å². The van der Waals surface area contributed by atoms with Crippen molar-refractivity contribution in [1.29, 1.82) is 0 Å². The molecule has 2 N–H and O–H groups in total. The zero-order valence-corrected chi connectivity index (χ0v) is 13.0. The Labute approximate surface area is 129 Å². The molecule has 0 aliphatic carbocycles. The number of allylic oxidation sites excluding steroid dienone is 1. The van der Waals surface area contributed by atoms with Crippen LogP contribution >= 0.6 is 15.9 Å². The van der Waals surface area contributed by atoms with E-state index in [9.17, 15) is 19.8 Å². The van der Waals surface area contributed by atoms with Gasteiger partial charge in [-0.3, -0.25) is 14.8 Å². The van der Waals surface area contributed by atoms with Gasteiger partial charge in [0.1, 0.15) is 5.92 Å². The van der Waals surface area contributed by atoms with Gasteiger partial charge in [-0.05, 0) is 26.0 Å². The number of hydrogen-bond acceptors (Lipinski definition) is 4. The van der Waals surface area contributed by atoms with E-state index in [0.717, 1.165) is 0 Å². The number of aromatic nitrogens is 1. The molecule has 0 fully saturated rings. The first kappa shape index (κ1) is 15.4. The number of pyridine rings is 1. The van der Waals surface area contributed by atoms with E-state index in [0.29, 0.717) is 21.6 Å². The fourth-order valence-electron chi connectivity index (χ4n) is 2.55. The lowest BCUT2D eigenvalue weighted by Gasteiger charge is -2.28. The molecule has 21 heavy (non-hydrogen) atoms. The number of aliphatic imine (C=N–C) groups is 1. The van der Waals surface area contributed by atoms with Gasteiger partial charge in [-0.2, -0.15) is 0 Å². The summed E-state index contributed by atoms with van der Waals surface area (Å²) in [5.41, 5.74) is 1.04. The monoisotopic (exact) mass is 352 g/mol. The highest BCUT2D eigenvalue weighted by Crippen LogP contribution is 2.38. The van der Waals surface area contributed by atoms with Crippen LogP contribution in [0.2, 0.25) is 0 Å². The predicted molar refractivity (Wildman–Crippen MR) is 79.2 cm³/mol. The van der Waals surface area contributed by atoms with Crippen LogP contribution in [0, 0.1) is 5.92 Å². The Morgan fingerprint density at radius 1 is 1.29 bits per heavy atom. The molecular formula is C14H13BrN2O4. The maximum Gasteiger partial charge on any atom is 0.334 e. The molecule has 1 aromatic rings. The fraction of sp³-hybridized carbons (Fsp3) is 0.286. The Morgan fingerprint density at radius 3 is 2.48 bits per heavy atom. The number of carboxylic acid groups (broad SMARTS) is 2. The molecule has 1 aromatic heterocycles. The molecule has 0 bridgehead atoms. The summed E-state index contributed by atoms with van der Waals surface area (Å²) in [7, 11) is 0. The first-order valence-electron chi connectivity index (χ1n) is 6.16. The molecule has 0 saturated carbocycles. The van der Waals surface area contributed by atoms with Gasteiger partial charge in [-0.25, -0.2) is 4.79 Å². The number of hydrogen-bond donors (Lipinski definition) is 2. The first-order chi connectivity index (χ1) is 9.82. The summed E-state index contributed by atoms with van der Waals surface area (Å²) < 4.78 is 0.708. The highest BCUT2D eigenvalue weighted by atomic mass is 79.9. The molecule has 0 aromatic carbocycles. The van der Waals surface area contributed by atoms with Gasteiger partial charge in [0, 0.05) is 22.1 Å². The third-order valence-corrected chi connectivity index (χ3v) is 3.88. The minimum atomic E-state index is -1.18. The van der Waals surface area contributed by atoms with E-state index < -0.39 is 23.8 Å². The quantitative estimate of drug-likeness (QED) is 0.870. The summed E-state index contributed by atoms with van der Waals surface area (Å²) in [6, 6.07) is 3.33. The average Bonchev–Trinajstić information content (AvgIpc) is 2.36. The molecule has 0 amide bonds. The molecule has 6 nitrogen and oxygen atoms in total. The second kappa shape index (κ2) is 5.77. The van der Waals surface area contributed by atoms with Gasteiger partial charge in [0.05, 0.1) is 17.2 Å². The highest BCUT2D eigenvalue weighted by molar-refractivity contribution is 9.10. The smallest absolute Gasteiger partial charge is 0.334 e. The second-order valence-electron chi connectivity index (χ2n) is 4.75. The van der Waals surface area contributed by atoms with E-state index in [1.165, 1.54) is 6.20 Å². The summed E-state index contributed by atoms with van der Waals surface area (Å²) in [6.07, 6.45) is 1.51. The third kappa shape index (κ3) is 2.87. The summed E-state index contributed by atoms with van der Waals surface area (Å²) in [6.45, 7) is 3.15. The van der Waals surface area contributed by atoms with Crippen LogP contribution in [0.5, 0.6) is 0 Å². The van der Waals surface area contributed by atoms with E-state index in [1.54, 1.807) is 26.0 Å². The second-order valence-corrected chi connectivity index (χ2v) is 5.67. The van der Waals surface area contributed by atoms with Crippen molar-refractivity contribution in [3.63, 3.8) is 0 Å². The Balaban J connectivity index is 2.68. The Bertz CT molecular complexity index is 681. The van der Waals surface area contributed by atoms with Crippen LogP contribution in [-0.2, 0) is 9.59 Å². The van der Waals surface area contributed by atoms with Gasteiger partial charge in [-0.15, -0.1) is 0 Å². The van der Waals surface area contributed by atoms with Crippen LogP contribution in [-0.4, -0.2) is 32.8 Å². The summed E-state index contributed by atoms with van der Waals surface area (Å²) >= 11 is 3.29. The lowest BCUT2D eigenvalue weighted by Crippen LogP contribution is -2.35. The lowest BCUT2D eigenvalue weighted by molar-refractivity contribution is -0.140. The zero-order chi connectivity index (χ0) is 15.7. The standard InChI is InChI=1S/C14H13BrN2O4/c1-6-10(13(18)19)12(9-5-8(15)3-4-16-9)11(14(20)21)7(2)17-6/h3-5,10,12H,1-2H3,(H,18,19)(H,20,21). The molecule has 0 saturated heterocycles. The van der Waals surface area contributed by atoms with E-state index >= 15 is 0 Å².